The number of aliphatic hydroxyl groups excluding tert-OH is 1. The number of amides is 15. The van der Waals surface area contributed by atoms with Crippen LogP contribution in [0.1, 0.15) is 130 Å². The van der Waals surface area contributed by atoms with Gasteiger partial charge in [0.05, 0.1) is 45.2 Å². The molecule has 0 unspecified atom stereocenters. The summed E-state index contributed by atoms with van der Waals surface area (Å²) in [6.45, 7) is 1.74. The summed E-state index contributed by atoms with van der Waals surface area (Å²) in [5.74, 6) is -17.5. The molecule has 588 valence electrons. The summed E-state index contributed by atoms with van der Waals surface area (Å²) in [7, 11) is 0. The van der Waals surface area contributed by atoms with Crippen molar-refractivity contribution in [2.24, 2.45) is 34.6 Å². The molecule has 3 fully saturated rings. The summed E-state index contributed by atoms with van der Waals surface area (Å²) in [6, 6.07) is -13.9. The maximum absolute atomic E-state index is 14.0. The van der Waals surface area contributed by atoms with E-state index in [4.69, 9.17) is 39.5 Å². The van der Waals surface area contributed by atoms with Crippen molar-refractivity contribution in [3.8, 4) is 0 Å². The zero-order valence-corrected chi connectivity index (χ0v) is 59.2. The molecule has 15 amide bonds. The predicted molar refractivity (Wildman–Crippen MR) is 369 cm³/mol. The minimum Gasteiger partial charge on any atom is -0.481 e. The van der Waals surface area contributed by atoms with Crippen LogP contribution in [0.25, 0.3) is 0 Å². The topological polar surface area (TPSA) is 695 Å². The number of hydrogen-bond acceptors (Lipinski definition) is 22. The van der Waals surface area contributed by atoms with Gasteiger partial charge in [-0.05, 0) is 109 Å². The maximum Gasteiger partial charge on any atom is 0.326 e. The molecular weight excluding hydrogens is 1390 g/mol. The van der Waals surface area contributed by atoms with Gasteiger partial charge in [-0.15, -0.1) is 0 Å². The Labute approximate surface area is 605 Å². The van der Waals surface area contributed by atoms with Crippen LogP contribution in [-0.4, -0.2) is 281 Å². The first-order valence-electron chi connectivity index (χ1n) is 34.7. The number of nitrogens with one attached hydrogen (secondary N) is 15. The second-order valence-corrected chi connectivity index (χ2v) is 25.5. The van der Waals surface area contributed by atoms with Crippen LogP contribution in [0.3, 0.4) is 0 Å². The van der Waals surface area contributed by atoms with E-state index in [0.29, 0.717) is 38.6 Å². The zero-order chi connectivity index (χ0) is 78.6. The van der Waals surface area contributed by atoms with Crippen molar-refractivity contribution in [1.29, 1.82) is 10.8 Å². The monoisotopic (exact) mass is 1490 g/mol. The Morgan fingerprint density at radius 2 is 0.876 bits per heavy atom. The fraction of sp³-hybridized carbons (Fsp3) is 0.694. The van der Waals surface area contributed by atoms with Crippen molar-refractivity contribution in [1.82, 2.24) is 83.8 Å². The SMILES string of the molecule is CC[C@H](C)[C@H](NC(=O)CNC(=O)[C@H](CCC(N)=O)NC(=O)[C@@H]1CCCN1C(=O)CNC(=O)[C@@H](NC(=O)[C@@H]1CCCN1C(=O)CNC(=O)[C@H](CCCNC(=N)N)NC(=O)[C@@H]1CCCN1C(=O)CN)[C@@H](C)O)C(=O)N[C@@H](CCCNC(=N)N)C(=O)NCC(=O)N[C@@H](CC(=O)O)C(=O)N[C@@H](CCCCN)C(=O)O. The van der Waals surface area contributed by atoms with Crippen molar-refractivity contribution >= 4 is 112 Å². The number of likely N-dealkylation sites (tertiary alicyclic amines) is 3. The fourth-order valence-electron chi connectivity index (χ4n) is 11.7. The molecule has 3 aliphatic heterocycles. The number of carbonyl (C=O) groups is 17. The van der Waals surface area contributed by atoms with Gasteiger partial charge in [0.25, 0.3) is 0 Å². The van der Waals surface area contributed by atoms with E-state index in [1.54, 1.807) is 13.8 Å². The van der Waals surface area contributed by atoms with Crippen LogP contribution in [-0.2, 0) is 81.5 Å². The minimum atomic E-state index is -1.79. The number of hydrogen-bond donors (Lipinski definition) is 23. The van der Waals surface area contributed by atoms with E-state index in [0.717, 1.165) is 9.80 Å². The van der Waals surface area contributed by atoms with Gasteiger partial charge in [0.1, 0.15) is 60.4 Å². The quantitative estimate of drug-likeness (QED) is 0.0153. The summed E-state index contributed by atoms with van der Waals surface area (Å²) in [5.41, 5.74) is 27.2. The number of nitrogens with two attached hydrogens (primary N) is 5. The molecule has 105 heavy (non-hydrogen) atoms. The van der Waals surface area contributed by atoms with Gasteiger partial charge in [0.15, 0.2) is 11.9 Å². The molecular formula is C62H105N23O20. The first-order chi connectivity index (χ1) is 49.6. The number of unbranched alkanes of at least 4 members (excludes halogenated alkanes) is 1. The molecule has 0 saturated carbocycles. The molecule has 3 rings (SSSR count). The fourth-order valence-corrected chi connectivity index (χ4v) is 11.7. The standard InChI is InChI=1S/C62H105N23O20/c1-4-32(2)49(59(103)79-35(14-8-22-71-62(68)69)51(95)72-28-43(88)76-38(26-48(93)94)54(98)80-37(60(104)105)12-5-6-20-63)81-44(89)29-73-53(97)36(18-19-42(65)87)78-56(100)40-16-10-24-84(40)47(92)31-75-58(102)50(33(3)86)82-57(101)41-17-11-25-85(41)46(91)30-74-52(96)34(13-7-21-70-61(66)67)77-55(99)39-15-9-23-83(39)45(90)27-64/h32-41,49-50,86H,4-31,63-64H2,1-3H3,(H2,65,87)(H,72,95)(H,73,97)(H,74,96)(H,75,102)(H,76,88)(H,77,99)(H,78,100)(H,79,103)(H,80,98)(H,81,89)(H,82,101)(H,93,94)(H,104,105)(H4,66,67,70)(H4,68,69,71)/t32-,33+,34-,35-,36-,37-,38-,39-,40-,41-,49-,50-/m0/s1. The molecule has 12 atom stereocenters. The number of carboxylic acid groups (broad SMARTS) is 2. The lowest BCUT2D eigenvalue weighted by Crippen LogP contribution is -2.59. The summed E-state index contributed by atoms with van der Waals surface area (Å²) in [6.07, 6.45) is -0.716. The van der Waals surface area contributed by atoms with E-state index in [-0.39, 0.29) is 103 Å². The number of primary amides is 1. The summed E-state index contributed by atoms with van der Waals surface area (Å²) < 4.78 is 0. The lowest BCUT2D eigenvalue weighted by Gasteiger charge is -2.29. The molecule has 0 spiro atoms. The average Bonchev–Trinajstić information content (AvgIpc) is 1.75. The average molecular weight is 1490 g/mol. The third-order valence-corrected chi connectivity index (χ3v) is 17.5. The highest BCUT2D eigenvalue weighted by atomic mass is 16.4. The molecule has 0 radical (unpaired) electrons. The van der Waals surface area contributed by atoms with Gasteiger partial charge in [0.2, 0.25) is 88.6 Å². The van der Waals surface area contributed by atoms with Crippen molar-refractivity contribution in [2.45, 2.75) is 196 Å². The largest absolute Gasteiger partial charge is 0.481 e. The first-order valence-corrected chi connectivity index (χ1v) is 34.7. The van der Waals surface area contributed by atoms with Crippen LogP contribution in [0, 0.1) is 16.7 Å². The van der Waals surface area contributed by atoms with Crippen LogP contribution in [0.5, 0.6) is 0 Å². The van der Waals surface area contributed by atoms with Crippen molar-refractivity contribution in [2.75, 3.05) is 72.0 Å². The predicted octanol–water partition coefficient (Wildman–Crippen LogP) is -10.3. The van der Waals surface area contributed by atoms with Crippen LogP contribution in [0.15, 0.2) is 0 Å². The Bertz CT molecular complexity index is 3120. The number of nitrogens with zero attached hydrogens (tertiary/aromatic N) is 3. The van der Waals surface area contributed by atoms with Gasteiger partial charge in [-0.1, -0.05) is 20.3 Å². The lowest BCUT2D eigenvalue weighted by atomic mass is 9.97. The van der Waals surface area contributed by atoms with Crippen LogP contribution in [0.2, 0.25) is 0 Å². The number of aliphatic hydroxyl groups is 1. The Morgan fingerprint density at radius 1 is 0.457 bits per heavy atom. The Balaban J connectivity index is 1.65. The van der Waals surface area contributed by atoms with Gasteiger partial charge < -0.3 is 128 Å². The molecule has 0 aromatic rings. The molecule has 0 aliphatic carbocycles. The molecule has 3 aliphatic rings. The number of aliphatic carboxylic acids is 2. The molecule has 0 bridgehead atoms. The summed E-state index contributed by atoms with van der Waals surface area (Å²) in [4.78, 5) is 228. The summed E-state index contributed by atoms with van der Waals surface area (Å²) in [5, 5.41) is 76.1. The highest BCUT2D eigenvalue weighted by Crippen LogP contribution is 2.21. The Morgan fingerprint density at radius 3 is 1.30 bits per heavy atom. The second kappa shape index (κ2) is 45.5. The molecule has 28 N–H and O–H groups in total. The van der Waals surface area contributed by atoms with E-state index in [1.165, 1.54) is 11.8 Å². The number of rotatable bonds is 46. The van der Waals surface area contributed by atoms with Crippen LogP contribution in [0.4, 0.5) is 0 Å². The molecule has 0 aromatic heterocycles. The van der Waals surface area contributed by atoms with Crippen LogP contribution < -0.4 is 97.8 Å². The molecule has 3 heterocycles. The molecule has 43 heteroatoms. The zero-order valence-electron chi connectivity index (χ0n) is 59.2. The first kappa shape index (κ1) is 88.6. The van der Waals surface area contributed by atoms with Crippen molar-refractivity contribution in [3.05, 3.63) is 0 Å². The normalized spacial score (nSPS) is 17.8. The minimum absolute atomic E-state index is 0.0172. The molecule has 43 nitrogen and oxygen atoms in total. The van der Waals surface area contributed by atoms with E-state index in [2.05, 4.69) is 69.1 Å². The second-order valence-electron chi connectivity index (χ2n) is 25.5. The van der Waals surface area contributed by atoms with Crippen molar-refractivity contribution < 1.29 is 96.8 Å². The lowest BCUT2D eigenvalue weighted by molar-refractivity contribution is -0.143. The maximum atomic E-state index is 14.0. The molecule has 0 aromatic carbocycles. The molecule has 3 saturated heterocycles. The van der Waals surface area contributed by atoms with E-state index in [9.17, 15) is 96.8 Å². The van der Waals surface area contributed by atoms with E-state index in [1.807, 2.05) is 0 Å². The number of carboxylic acids is 2. The van der Waals surface area contributed by atoms with Gasteiger partial charge >= 0.3 is 11.9 Å². The number of carbonyl (C=O) groups excluding carboxylic acids is 15. The Kier molecular flexibility index (Phi) is 38.4. The van der Waals surface area contributed by atoms with Gasteiger partial charge in [-0.25, -0.2) is 4.79 Å². The van der Waals surface area contributed by atoms with Gasteiger partial charge in [0, 0.05) is 39.1 Å². The van der Waals surface area contributed by atoms with Crippen molar-refractivity contribution in [3.63, 3.8) is 0 Å². The number of guanidine groups is 2. The van der Waals surface area contributed by atoms with Crippen LogP contribution >= 0.6 is 0 Å². The smallest absolute Gasteiger partial charge is 0.326 e. The third kappa shape index (κ3) is 30.7. The van der Waals surface area contributed by atoms with Gasteiger partial charge in [-0.3, -0.25) is 87.5 Å². The third-order valence-electron chi connectivity index (χ3n) is 17.5. The summed E-state index contributed by atoms with van der Waals surface area (Å²) >= 11 is 0. The highest BCUT2D eigenvalue weighted by Gasteiger charge is 2.41. The Hall–Kier alpha value is -10.6. The van der Waals surface area contributed by atoms with Gasteiger partial charge in [-0.2, -0.15) is 0 Å². The van der Waals surface area contributed by atoms with E-state index < -0.39 is 224 Å². The van der Waals surface area contributed by atoms with E-state index >= 15 is 0 Å². The highest BCUT2D eigenvalue weighted by molar-refractivity contribution is 6.00.